The van der Waals surface area contributed by atoms with Gasteiger partial charge in [-0.3, -0.25) is 4.90 Å². The van der Waals surface area contributed by atoms with Gasteiger partial charge in [-0.05, 0) is 56.7 Å². The Balaban J connectivity index is 1.13. The van der Waals surface area contributed by atoms with Crippen molar-refractivity contribution in [3.05, 3.63) is 28.2 Å². The highest BCUT2D eigenvalue weighted by atomic mass is 35.5. The summed E-state index contributed by atoms with van der Waals surface area (Å²) in [7, 11) is 0. The third-order valence-electron chi connectivity index (χ3n) is 6.80. The molecule has 2 saturated heterocycles. The van der Waals surface area contributed by atoms with Crippen LogP contribution in [0.5, 0.6) is 0 Å². The van der Waals surface area contributed by atoms with E-state index in [2.05, 4.69) is 15.1 Å². The number of urea groups is 1. The first-order chi connectivity index (χ1) is 14.5. The molecule has 1 saturated carbocycles. The van der Waals surface area contributed by atoms with Gasteiger partial charge in [0, 0.05) is 32.2 Å². The average Bonchev–Trinajstić information content (AvgIpc) is 2.73. The molecule has 2 heterocycles. The van der Waals surface area contributed by atoms with Gasteiger partial charge in [0.15, 0.2) is 0 Å². The van der Waals surface area contributed by atoms with E-state index in [0.29, 0.717) is 10.0 Å². The fourth-order valence-electron chi connectivity index (χ4n) is 4.77. The minimum Gasteiger partial charge on any atom is -0.368 e. The lowest BCUT2D eigenvalue weighted by Crippen LogP contribution is -2.57. The highest BCUT2D eigenvalue weighted by Crippen LogP contribution is 2.33. The smallest absolute Gasteiger partial charge is 0.317 e. The Labute approximate surface area is 188 Å². The van der Waals surface area contributed by atoms with Crippen molar-refractivity contribution in [2.45, 2.75) is 44.3 Å². The van der Waals surface area contributed by atoms with Crippen molar-refractivity contribution in [3.63, 3.8) is 0 Å². The summed E-state index contributed by atoms with van der Waals surface area (Å²) >= 11 is 12.5. The maximum atomic E-state index is 12.9. The van der Waals surface area contributed by atoms with E-state index in [9.17, 15) is 9.18 Å². The fraction of sp³-hybridized carbons (Fsp3) is 0.682. The zero-order valence-electron chi connectivity index (χ0n) is 17.3. The lowest BCUT2D eigenvalue weighted by Gasteiger charge is -2.38. The van der Waals surface area contributed by atoms with Crippen LogP contribution in [-0.2, 0) is 0 Å². The Morgan fingerprint density at radius 1 is 1.07 bits per heavy atom. The zero-order valence-corrected chi connectivity index (χ0v) is 18.8. The first-order valence-corrected chi connectivity index (χ1v) is 11.9. The minimum absolute atomic E-state index is 0.0926. The van der Waals surface area contributed by atoms with E-state index in [1.165, 1.54) is 6.42 Å². The molecule has 0 radical (unpaired) electrons. The number of carbonyl (C=O) groups is 1. The molecule has 3 fully saturated rings. The lowest BCUT2D eigenvalue weighted by atomic mass is 9.84. The Morgan fingerprint density at radius 3 is 2.43 bits per heavy atom. The Hall–Kier alpha value is -1.24. The van der Waals surface area contributed by atoms with Crippen LogP contribution >= 0.6 is 23.2 Å². The number of amides is 2. The summed E-state index contributed by atoms with van der Waals surface area (Å²) in [6.45, 7) is 5.64. The fourth-order valence-corrected chi connectivity index (χ4v) is 5.18. The number of alkyl halides is 1. The molecule has 1 aromatic rings. The van der Waals surface area contributed by atoms with Crippen molar-refractivity contribution >= 4 is 34.9 Å². The third-order valence-corrected chi connectivity index (χ3v) is 7.61. The molecule has 0 unspecified atom stereocenters. The number of hydrogen-bond donors (Lipinski definition) is 1. The van der Waals surface area contributed by atoms with Gasteiger partial charge in [-0.1, -0.05) is 29.3 Å². The van der Waals surface area contributed by atoms with Crippen LogP contribution in [0.4, 0.5) is 14.9 Å². The molecule has 30 heavy (non-hydrogen) atoms. The third kappa shape index (κ3) is 5.32. The number of likely N-dealkylation sites (tertiary alicyclic amines) is 1. The molecule has 0 atom stereocenters. The quantitative estimate of drug-likeness (QED) is 0.711. The molecule has 1 N–H and O–H groups in total. The van der Waals surface area contributed by atoms with Gasteiger partial charge in [0.2, 0.25) is 0 Å². The summed E-state index contributed by atoms with van der Waals surface area (Å²) in [5, 5.41) is 4.34. The first kappa shape index (κ1) is 22.0. The summed E-state index contributed by atoms with van der Waals surface area (Å²) in [6.07, 6.45) is 4.77. The Morgan fingerprint density at radius 2 is 1.77 bits per heavy atom. The molecular weight excluding hydrogens is 426 g/mol. The predicted octanol–water partition coefficient (Wildman–Crippen LogP) is 4.43. The second kappa shape index (κ2) is 9.92. The number of piperazine rings is 1. The van der Waals surface area contributed by atoms with Gasteiger partial charge in [-0.2, -0.15) is 0 Å². The average molecular weight is 457 g/mol. The van der Waals surface area contributed by atoms with Crippen LogP contribution in [0.25, 0.3) is 0 Å². The van der Waals surface area contributed by atoms with Crippen LogP contribution in [0.2, 0.25) is 10.0 Å². The number of carbonyl (C=O) groups excluding carboxylic acids is 1. The maximum Gasteiger partial charge on any atom is 0.317 e. The SMILES string of the molecule is O=C(N[C@H]1CC[C@H](CCN2CCN(c3cccc(Cl)c3Cl)CC2)CC1)N1CC(F)C1. The number of hydrogen-bond acceptors (Lipinski definition) is 3. The monoisotopic (exact) mass is 456 g/mol. The predicted molar refractivity (Wildman–Crippen MR) is 120 cm³/mol. The second-order valence-corrected chi connectivity index (χ2v) is 9.64. The van der Waals surface area contributed by atoms with Crippen LogP contribution in [0.1, 0.15) is 32.1 Å². The van der Waals surface area contributed by atoms with E-state index in [4.69, 9.17) is 23.2 Å². The summed E-state index contributed by atoms with van der Waals surface area (Å²) in [5.41, 5.74) is 1.03. The van der Waals surface area contributed by atoms with E-state index < -0.39 is 6.17 Å². The van der Waals surface area contributed by atoms with E-state index >= 15 is 0 Å². The largest absolute Gasteiger partial charge is 0.368 e. The number of anilines is 1. The Kier molecular flexibility index (Phi) is 7.27. The molecule has 8 heteroatoms. The van der Waals surface area contributed by atoms with Crippen molar-refractivity contribution in [2.75, 3.05) is 50.7 Å². The molecule has 1 aliphatic carbocycles. The molecule has 2 amide bonds. The summed E-state index contributed by atoms with van der Waals surface area (Å²) in [5.74, 6) is 0.734. The van der Waals surface area contributed by atoms with E-state index in [-0.39, 0.29) is 25.2 Å². The first-order valence-electron chi connectivity index (χ1n) is 11.1. The molecule has 3 aliphatic rings. The van der Waals surface area contributed by atoms with Crippen LogP contribution in [0, 0.1) is 5.92 Å². The normalized spacial score (nSPS) is 25.8. The second-order valence-electron chi connectivity index (χ2n) is 8.86. The zero-order chi connectivity index (χ0) is 21.1. The molecule has 5 nitrogen and oxygen atoms in total. The number of halogens is 3. The molecule has 0 bridgehead atoms. The summed E-state index contributed by atoms with van der Waals surface area (Å²) in [6, 6.07) is 5.98. The highest BCUT2D eigenvalue weighted by Gasteiger charge is 2.32. The van der Waals surface area contributed by atoms with E-state index in [1.807, 2.05) is 18.2 Å². The molecule has 0 aromatic heterocycles. The van der Waals surface area contributed by atoms with Gasteiger partial charge in [0.05, 0.1) is 28.8 Å². The number of benzene rings is 1. The van der Waals surface area contributed by atoms with Crippen molar-refractivity contribution in [1.82, 2.24) is 15.1 Å². The van der Waals surface area contributed by atoms with E-state index in [0.717, 1.165) is 70.0 Å². The Bertz CT molecular complexity index is 730. The number of nitrogens with one attached hydrogen (secondary N) is 1. The van der Waals surface area contributed by atoms with Crippen LogP contribution < -0.4 is 10.2 Å². The van der Waals surface area contributed by atoms with Crippen LogP contribution in [0.15, 0.2) is 18.2 Å². The molecule has 1 aromatic carbocycles. The van der Waals surface area contributed by atoms with Gasteiger partial charge in [-0.25, -0.2) is 9.18 Å². The minimum atomic E-state index is -0.837. The lowest BCUT2D eigenvalue weighted by molar-refractivity contribution is 0.0863. The van der Waals surface area contributed by atoms with Crippen molar-refractivity contribution in [2.24, 2.45) is 5.92 Å². The van der Waals surface area contributed by atoms with Crippen molar-refractivity contribution < 1.29 is 9.18 Å². The van der Waals surface area contributed by atoms with Gasteiger partial charge >= 0.3 is 6.03 Å². The summed E-state index contributed by atoms with van der Waals surface area (Å²) < 4.78 is 12.9. The van der Waals surface area contributed by atoms with Crippen molar-refractivity contribution in [1.29, 1.82) is 0 Å². The summed E-state index contributed by atoms with van der Waals surface area (Å²) in [4.78, 5) is 18.5. The standard InChI is InChI=1S/C22H31Cl2FN4O/c23-19-2-1-3-20(21(19)24)28-12-10-27(11-13-28)9-8-16-4-6-18(7-5-16)26-22(30)29-14-17(25)15-29/h1-3,16-18H,4-15H2,(H,26,30)/t16-,18-. The molecule has 4 rings (SSSR count). The molecule has 2 aliphatic heterocycles. The molecule has 0 spiro atoms. The van der Waals surface area contributed by atoms with Gasteiger partial charge < -0.3 is 15.1 Å². The van der Waals surface area contributed by atoms with Gasteiger partial charge in [0.1, 0.15) is 6.17 Å². The van der Waals surface area contributed by atoms with Crippen molar-refractivity contribution in [3.8, 4) is 0 Å². The van der Waals surface area contributed by atoms with Crippen LogP contribution in [-0.4, -0.2) is 73.9 Å². The number of nitrogens with zero attached hydrogens (tertiary/aromatic N) is 3. The maximum absolute atomic E-state index is 12.9. The van der Waals surface area contributed by atoms with Gasteiger partial charge in [0.25, 0.3) is 0 Å². The van der Waals surface area contributed by atoms with Crippen LogP contribution in [0.3, 0.4) is 0 Å². The number of rotatable bonds is 5. The highest BCUT2D eigenvalue weighted by molar-refractivity contribution is 6.43. The molecule has 166 valence electrons. The topological polar surface area (TPSA) is 38.8 Å². The van der Waals surface area contributed by atoms with E-state index in [1.54, 1.807) is 4.90 Å². The van der Waals surface area contributed by atoms with Gasteiger partial charge in [-0.15, -0.1) is 0 Å². The molecular formula is C22H31Cl2FN4O.